The summed E-state index contributed by atoms with van der Waals surface area (Å²) in [5.41, 5.74) is 0.718. The first-order chi connectivity index (χ1) is 11.7. The van der Waals surface area contributed by atoms with Crippen molar-refractivity contribution in [1.82, 2.24) is 4.90 Å². The highest BCUT2D eigenvalue weighted by atomic mass is 32.2. The van der Waals surface area contributed by atoms with Gasteiger partial charge in [0.15, 0.2) is 11.5 Å². The Hall–Kier alpha value is -1.62. The Balaban J connectivity index is 2.21. The van der Waals surface area contributed by atoms with Crippen LogP contribution in [0.1, 0.15) is 12.5 Å². The monoisotopic (exact) mass is 403 g/mol. The molecule has 1 aliphatic heterocycles. The van der Waals surface area contributed by atoms with Crippen LogP contribution in [-0.4, -0.2) is 54.1 Å². The van der Waals surface area contributed by atoms with Crippen LogP contribution in [0.5, 0.6) is 11.5 Å². The topological polar surface area (TPSA) is 93.1 Å². The highest BCUT2D eigenvalue weighted by Crippen LogP contribution is 2.34. The lowest BCUT2D eigenvalue weighted by Gasteiger charge is -2.12. The Morgan fingerprint density at radius 1 is 1.36 bits per heavy atom. The van der Waals surface area contributed by atoms with Crippen LogP contribution in [0.4, 0.5) is 0 Å². The number of methoxy groups -OCH3 is 1. The van der Waals surface area contributed by atoms with E-state index in [1.807, 2.05) is 6.92 Å². The molecule has 1 heterocycles. The average Bonchev–Trinajstić information content (AvgIpc) is 2.80. The van der Waals surface area contributed by atoms with Gasteiger partial charge in [-0.1, -0.05) is 30.0 Å². The van der Waals surface area contributed by atoms with Crippen molar-refractivity contribution in [2.45, 2.75) is 6.92 Å². The minimum absolute atomic E-state index is 0.187. The van der Waals surface area contributed by atoms with Gasteiger partial charge < -0.3 is 9.47 Å². The summed E-state index contributed by atoms with van der Waals surface area (Å²) in [5.74, 6) is 0.177. The maximum Gasteiger partial charge on any atom is 0.266 e. The van der Waals surface area contributed by atoms with Crippen molar-refractivity contribution >= 4 is 50.4 Å². The molecule has 136 valence electrons. The van der Waals surface area contributed by atoms with Crippen LogP contribution in [-0.2, 0) is 14.9 Å². The van der Waals surface area contributed by atoms with Crippen LogP contribution < -0.4 is 9.47 Å². The standard InChI is InChI=1S/C15H17NO6S3/c1-3-22-11-5-4-10(8-12(11)21-2)9-13-14(17)16(15(23)24-13)6-7-25(18,19)20/h4-5,8-9H,3,6-7H2,1-2H3,(H,18,19,20). The second-order valence-corrected chi connectivity index (χ2v) is 8.21. The number of hydrogen-bond donors (Lipinski definition) is 1. The summed E-state index contributed by atoms with van der Waals surface area (Å²) in [6.45, 7) is 2.18. The van der Waals surface area contributed by atoms with E-state index in [4.69, 9.17) is 26.2 Å². The van der Waals surface area contributed by atoms with Gasteiger partial charge in [0.25, 0.3) is 16.0 Å². The summed E-state index contributed by atoms with van der Waals surface area (Å²) >= 11 is 6.18. The summed E-state index contributed by atoms with van der Waals surface area (Å²) in [5, 5.41) is 0. The van der Waals surface area contributed by atoms with Gasteiger partial charge in [-0.25, -0.2) is 0 Å². The lowest BCUT2D eigenvalue weighted by atomic mass is 10.2. The van der Waals surface area contributed by atoms with E-state index in [1.54, 1.807) is 24.3 Å². The Labute approximate surface area is 155 Å². The molecule has 1 aromatic rings. The summed E-state index contributed by atoms with van der Waals surface area (Å²) in [6.07, 6.45) is 1.64. The highest BCUT2D eigenvalue weighted by Gasteiger charge is 2.32. The second-order valence-electron chi connectivity index (χ2n) is 4.96. The number of amides is 1. The van der Waals surface area contributed by atoms with Crippen molar-refractivity contribution in [2.75, 3.05) is 26.0 Å². The number of ether oxygens (including phenoxy) is 2. The smallest absolute Gasteiger partial charge is 0.266 e. The SMILES string of the molecule is CCOc1ccc(C=C2SC(=S)N(CCS(=O)(=O)O)C2=O)cc1OC. The zero-order valence-electron chi connectivity index (χ0n) is 13.6. The number of rotatable bonds is 7. The van der Waals surface area contributed by atoms with Gasteiger partial charge in [-0.15, -0.1) is 0 Å². The number of nitrogens with zero attached hydrogens (tertiary/aromatic N) is 1. The van der Waals surface area contributed by atoms with Crippen LogP contribution in [0.15, 0.2) is 23.1 Å². The van der Waals surface area contributed by atoms with Gasteiger partial charge in [0.05, 0.1) is 24.4 Å². The van der Waals surface area contributed by atoms with E-state index >= 15 is 0 Å². The molecule has 2 rings (SSSR count). The Kier molecular flexibility index (Phi) is 6.44. The van der Waals surface area contributed by atoms with Gasteiger partial charge in [-0.05, 0) is 30.7 Å². The number of thiocarbonyl (C=S) groups is 1. The van der Waals surface area contributed by atoms with Crippen molar-refractivity contribution in [3.8, 4) is 11.5 Å². The third-order valence-corrected chi connectivity index (χ3v) is 5.31. The summed E-state index contributed by atoms with van der Waals surface area (Å²) in [6, 6.07) is 5.25. The summed E-state index contributed by atoms with van der Waals surface area (Å²) in [4.78, 5) is 13.9. The fourth-order valence-corrected chi connectivity index (χ4v) is 3.82. The normalized spacial score (nSPS) is 16.6. The van der Waals surface area contributed by atoms with Gasteiger partial charge in [-0.3, -0.25) is 14.2 Å². The van der Waals surface area contributed by atoms with Crippen LogP contribution >= 0.6 is 24.0 Å². The van der Waals surface area contributed by atoms with Gasteiger partial charge in [-0.2, -0.15) is 8.42 Å². The Morgan fingerprint density at radius 3 is 2.68 bits per heavy atom. The largest absolute Gasteiger partial charge is 0.493 e. The molecule has 0 aromatic heterocycles. The molecule has 0 atom stereocenters. The second kappa shape index (κ2) is 8.17. The quantitative estimate of drug-likeness (QED) is 0.421. The van der Waals surface area contributed by atoms with E-state index in [9.17, 15) is 13.2 Å². The van der Waals surface area contributed by atoms with Crippen LogP contribution in [0, 0.1) is 0 Å². The van der Waals surface area contributed by atoms with E-state index in [0.29, 0.717) is 23.0 Å². The minimum atomic E-state index is -4.17. The molecular formula is C15H17NO6S3. The Bertz CT molecular complexity index is 819. The number of carbonyl (C=O) groups is 1. The summed E-state index contributed by atoms with van der Waals surface area (Å²) in [7, 11) is -2.64. The predicted octanol–water partition coefficient (Wildman–Crippen LogP) is 2.18. The van der Waals surface area contributed by atoms with E-state index in [-0.39, 0.29) is 10.9 Å². The van der Waals surface area contributed by atoms with Crippen molar-refractivity contribution in [3.05, 3.63) is 28.7 Å². The number of thioether (sulfide) groups is 1. The molecule has 1 aliphatic rings. The molecule has 25 heavy (non-hydrogen) atoms. The zero-order chi connectivity index (χ0) is 18.6. The van der Waals surface area contributed by atoms with Gasteiger partial charge in [0, 0.05) is 6.54 Å². The molecule has 0 unspecified atom stereocenters. The van der Waals surface area contributed by atoms with E-state index in [2.05, 4.69) is 0 Å². The van der Waals surface area contributed by atoms with Crippen LogP contribution in [0.3, 0.4) is 0 Å². The number of benzene rings is 1. The maximum absolute atomic E-state index is 12.4. The molecule has 0 saturated carbocycles. The van der Waals surface area contributed by atoms with Gasteiger partial charge >= 0.3 is 0 Å². The predicted molar refractivity (Wildman–Crippen MR) is 100 cm³/mol. The van der Waals surface area contributed by atoms with Gasteiger partial charge in [0.1, 0.15) is 4.32 Å². The molecule has 0 spiro atoms. The molecule has 1 aromatic carbocycles. The third kappa shape index (κ3) is 5.18. The van der Waals surface area contributed by atoms with Crippen LogP contribution in [0.25, 0.3) is 6.08 Å². The van der Waals surface area contributed by atoms with Crippen molar-refractivity contribution in [2.24, 2.45) is 0 Å². The lowest BCUT2D eigenvalue weighted by molar-refractivity contribution is -0.121. The molecule has 0 bridgehead atoms. The van der Waals surface area contributed by atoms with Gasteiger partial charge in [0.2, 0.25) is 0 Å². The third-order valence-electron chi connectivity index (χ3n) is 3.23. The fourth-order valence-electron chi connectivity index (χ4n) is 2.10. The lowest BCUT2D eigenvalue weighted by Crippen LogP contribution is -2.32. The molecule has 1 saturated heterocycles. The fraction of sp³-hybridized carbons (Fsp3) is 0.333. The molecular weight excluding hydrogens is 386 g/mol. The van der Waals surface area contributed by atoms with E-state index in [0.717, 1.165) is 22.2 Å². The molecule has 0 radical (unpaired) electrons. The van der Waals surface area contributed by atoms with E-state index < -0.39 is 21.8 Å². The minimum Gasteiger partial charge on any atom is -0.493 e. The van der Waals surface area contributed by atoms with Crippen molar-refractivity contribution in [1.29, 1.82) is 0 Å². The molecule has 1 amide bonds. The molecule has 10 heteroatoms. The molecule has 1 N–H and O–H groups in total. The zero-order valence-corrected chi connectivity index (χ0v) is 16.0. The molecule has 0 aliphatic carbocycles. The van der Waals surface area contributed by atoms with E-state index in [1.165, 1.54) is 7.11 Å². The Morgan fingerprint density at radius 2 is 2.08 bits per heavy atom. The van der Waals surface area contributed by atoms with Crippen molar-refractivity contribution < 1.29 is 27.2 Å². The van der Waals surface area contributed by atoms with Crippen LogP contribution in [0.2, 0.25) is 0 Å². The summed E-state index contributed by atoms with van der Waals surface area (Å²) < 4.78 is 41.5. The average molecular weight is 404 g/mol. The van der Waals surface area contributed by atoms with Crippen molar-refractivity contribution in [3.63, 3.8) is 0 Å². The first-order valence-corrected chi connectivity index (χ1v) is 10.1. The molecule has 7 nitrogen and oxygen atoms in total. The first-order valence-electron chi connectivity index (χ1n) is 7.26. The maximum atomic E-state index is 12.4. The number of hydrogen-bond acceptors (Lipinski definition) is 7. The first kappa shape index (κ1) is 19.7. The highest BCUT2D eigenvalue weighted by molar-refractivity contribution is 8.26. The molecule has 1 fully saturated rings. The number of carbonyl (C=O) groups excluding carboxylic acids is 1.